The van der Waals surface area contributed by atoms with Crippen molar-refractivity contribution in [3.8, 4) is 0 Å². The van der Waals surface area contributed by atoms with Crippen molar-refractivity contribution in [2.75, 3.05) is 6.61 Å². The quantitative estimate of drug-likeness (QED) is 0.725. The molecular formula is C10H19NO2. The van der Waals surface area contributed by atoms with Gasteiger partial charge in [0.2, 0.25) is 0 Å². The fourth-order valence-electron chi connectivity index (χ4n) is 1.36. The van der Waals surface area contributed by atoms with E-state index < -0.39 is 0 Å². The van der Waals surface area contributed by atoms with E-state index in [4.69, 9.17) is 4.74 Å². The lowest BCUT2D eigenvalue weighted by atomic mass is 10.0. The number of hydrogen-bond acceptors (Lipinski definition) is 3. The van der Waals surface area contributed by atoms with Gasteiger partial charge in [-0.05, 0) is 20.3 Å². The molecule has 2 unspecified atom stereocenters. The molecule has 3 heteroatoms. The maximum Gasteiger partial charge on any atom is 0.189 e. The summed E-state index contributed by atoms with van der Waals surface area (Å²) in [6.45, 7) is 8.61. The summed E-state index contributed by atoms with van der Waals surface area (Å²) in [4.78, 5) is 4.42. The first kappa shape index (κ1) is 10.5. The molecule has 0 saturated heterocycles. The third kappa shape index (κ3) is 2.44. The Morgan fingerprint density at radius 1 is 1.62 bits per heavy atom. The van der Waals surface area contributed by atoms with E-state index in [2.05, 4.69) is 4.99 Å². The molecule has 0 aliphatic carbocycles. The van der Waals surface area contributed by atoms with Gasteiger partial charge in [-0.1, -0.05) is 13.8 Å². The molecule has 1 N–H and O–H groups in total. The first-order valence-electron chi connectivity index (χ1n) is 4.87. The number of hydrogen-bond donors (Lipinski definition) is 1. The zero-order chi connectivity index (χ0) is 10.1. The SMILES string of the molecule is CCC(O)C(C)C1=NC(C)(C)CO1. The van der Waals surface area contributed by atoms with Gasteiger partial charge in [0.05, 0.1) is 17.6 Å². The van der Waals surface area contributed by atoms with E-state index in [1.165, 1.54) is 0 Å². The number of aliphatic imine (C=N–C) groups is 1. The highest BCUT2D eigenvalue weighted by Gasteiger charge is 2.31. The summed E-state index contributed by atoms with van der Waals surface area (Å²) in [5.74, 6) is 0.728. The van der Waals surface area contributed by atoms with Crippen molar-refractivity contribution < 1.29 is 9.84 Å². The van der Waals surface area contributed by atoms with Crippen LogP contribution in [0.4, 0.5) is 0 Å². The molecule has 1 aliphatic heterocycles. The predicted molar refractivity (Wildman–Crippen MR) is 52.9 cm³/mol. The van der Waals surface area contributed by atoms with Crippen LogP contribution in [0.1, 0.15) is 34.1 Å². The predicted octanol–water partition coefficient (Wildman–Crippen LogP) is 1.60. The Labute approximate surface area is 79.8 Å². The zero-order valence-electron chi connectivity index (χ0n) is 8.87. The van der Waals surface area contributed by atoms with E-state index in [0.29, 0.717) is 12.5 Å². The summed E-state index contributed by atoms with van der Waals surface area (Å²) in [6.07, 6.45) is 0.400. The van der Waals surface area contributed by atoms with Crippen molar-refractivity contribution in [1.82, 2.24) is 0 Å². The smallest absolute Gasteiger partial charge is 0.189 e. The molecule has 0 aromatic carbocycles. The van der Waals surface area contributed by atoms with Crippen LogP contribution in [0.5, 0.6) is 0 Å². The number of ether oxygens (including phenoxy) is 1. The number of aliphatic hydroxyl groups excluding tert-OH is 1. The van der Waals surface area contributed by atoms with Crippen LogP contribution < -0.4 is 0 Å². The fraction of sp³-hybridized carbons (Fsp3) is 0.900. The summed E-state index contributed by atoms with van der Waals surface area (Å²) >= 11 is 0. The van der Waals surface area contributed by atoms with Crippen molar-refractivity contribution in [1.29, 1.82) is 0 Å². The number of rotatable bonds is 3. The monoisotopic (exact) mass is 185 g/mol. The van der Waals surface area contributed by atoms with Crippen molar-refractivity contribution in [3.05, 3.63) is 0 Å². The Hall–Kier alpha value is -0.570. The van der Waals surface area contributed by atoms with Gasteiger partial charge in [0.1, 0.15) is 6.61 Å². The van der Waals surface area contributed by atoms with E-state index in [0.717, 1.165) is 6.42 Å². The first-order valence-corrected chi connectivity index (χ1v) is 4.87. The van der Waals surface area contributed by atoms with Crippen LogP contribution >= 0.6 is 0 Å². The fourth-order valence-corrected chi connectivity index (χ4v) is 1.36. The lowest BCUT2D eigenvalue weighted by Gasteiger charge is -2.15. The molecule has 0 bridgehead atoms. The Bertz CT molecular complexity index is 211. The first-order chi connectivity index (χ1) is 5.96. The molecular weight excluding hydrogens is 166 g/mol. The topological polar surface area (TPSA) is 41.8 Å². The standard InChI is InChI=1S/C10H19NO2/c1-5-8(12)7(2)9-11-10(3,4)6-13-9/h7-8,12H,5-6H2,1-4H3. The second kappa shape index (κ2) is 3.66. The third-order valence-electron chi connectivity index (χ3n) is 2.37. The van der Waals surface area contributed by atoms with E-state index in [1.807, 2.05) is 27.7 Å². The van der Waals surface area contributed by atoms with E-state index >= 15 is 0 Å². The molecule has 1 aliphatic rings. The molecule has 13 heavy (non-hydrogen) atoms. The van der Waals surface area contributed by atoms with Gasteiger partial charge in [-0.3, -0.25) is 0 Å². The Morgan fingerprint density at radius 2 is 2.23 bits per heavy atom. The summed E-state index contributed by atoms with van der Waals surface area (Å²) < 4.78 is 5.44. The van der Waals surface area contributed by atoms with E-state index in [-0.39, 0.29) is 17.6 Å². The summed E-state index contributed by atoms with van der Waals surface area (Å²) in [6, 6.07) is 0. The highest BCUT2D eigenvalue weighted by atomic mass is 16.5. The number of aliphatic hydroxyl groups is 1. The third-order valence-corrected chi connectivity index (χ3v) is 2.37. The van der Waals surface area contributed by atoms with Crippen LogP contribution in [0, 0.1) is 5.92 Å². The molecule has 0 saturated carbocycles. The molecule has 3 nitrogen and oxygen atoms in total. The molecule has 1 heterocycles. The van der Waals surface area contributed by atoms with Crippen LogP contribution in [0.25, 0.3) is 0 Å². The van der Waals surface area contributed by atoms with Crippen LogP contribution in [-0.2, 0) is 4.74 Å². The van der Waals surface area contributed by atoms with Crippen LogP contribution in [0.15, 0.2) is 4.99 Å². The van der Waals surface area contributed by atoms with Gasteiger partial charge >= 0.3 is 0 Å². The maximum absolute atomic E-state index is 9.60. The molecule has 1 rings (SSSR count). The maximum atomic E-state index is 9.60. The molecule has 0 fully saturated rings. The Morgan fingerprint density at radius 3 is 2.62 bits per heavy atom. The van der Waals surface area contributed by atoms with Crippen molar-refractivity contribution in [2.24, 2.45) is 10.9 Å². The van der Waals surface area contributed by atoms with Gasteiger partial charge in [-0.2, -0.15) is 0 Å². The largest absolute Gasteiger partial charge is 0.478 e. The number of nitrogens with zero attached hydrogens (tertiary/aromatic N) is 1. The minimum atomic E-state index is -0.340. The summed E-state index contributed by atoms with van der Waals surface area (Å²) in [7, 11) is 0. The highest BCUT2D eigenvalue weighted by molar-refractivity contribution is 5.80. The lowest BCUT2D eigenvalue weighted by Crippen LogP contribution is -2.25. The molecule has 76 valence electrons. The molecule has 0 aromatic rings. The molecule has 2 atom stereocenters. The minimum absolute atomic E-state index is 0.0202. The van der Waals surface area contributed by atoms with Crippen LogP contribution in [0.3, 0.4) is 0 Å². The Kier molecular flexibility index (Phi) is 2.96. The van der Waals surface area contributed by atoms with Gasteiger partial charge in [0, 0.05) is 0 Å². The van der Waals surface area contributed by atoms with Gasteiger partial charge in [0.15, 0.2) is 5.90 Å². The van der Waals surface area contributed by atoms with Crippen molar-refractivity contribution in [3.63, 3.8) is 0 Å². The van der Waals surface area contributed by atoms with Gasteiger partial charge in [0.25, 0.3) is 0 Å². The Balaban J connectivity index is 2.64. The summed E-state index contributed by atoms with van der Waals surface area (Å²) in [5.41, 5.74) is -0.114. The van der Waals surface area contributed by atoms with Crippen LogP contribution in [-0.4, -0.2) is 29.3 Å². The highest BCUT2D eigenvalue weighted by Crippen LogP contribution is 2.22. The zero-order valence-corrected chi connectivity index (χ0v) is 8.87. The van der Waals surface area contributed by atoms with Crippen LogP contribution in [0.2, 0.25) is 0 Å². The van der Waals surface area contributed by atoms with Gasteiger partial charge in [-0.15, -0.1) is 0 Å². The average molecular weight is 185 g/mol. The van der Waals surface area contributed by atoms with Gasteiger partial charge < -0.3 is 9.84 Å². The van der Waals surface area contributed by atoms with Crippen molar-refractivity contribution >= 4 is 5.90 Å². The molecule has 0 radical (unpaired) electrons. The normalized spacial score (nSPS) is 24.8. The molecule has 0 aromatic heterocycles. The van der Waals surface area contributed by atoms with Gasteiger partial charge in [-0.25, -0.2) is 4.99 Å². The van der Waals surface area contributed by atoms with E-state index in [1.54, 1.807) is 0 Å². The van der Waals surface area contributed by atoms with E-state index in [9.17, 15) is 5.11 Å². The molecule has 0 amide bonds. The summed E-state index contributed by atoms with van der Waals surface area (Å²) in [5, 5.41) is 9.60. The lowest BCUT2D eigenvalue weighted by molar-refractivity contribution is 0.128. The second-order valence-corrected chi connectivity index (χ2v) is 4.32. The average Bonchev–Trinajstić information content (AvgIpc) is 2.43. The second-order valence-electron chi connectivity index (χ2n) is 4.32. The minimum Gasteiger partial charge on any atom is -0.478 e. The molecule has 0 spiro atoms. The van der Waals surface area contributed by atoms with Crippen molar-refractivity contribution in [2.45, 2.75) is 45.8 Å².